The normalized spacial score (nSPS) is 11.7. The van der Waals surface area contributed by atoms with E-state index in [1.165, 1.54) is 7.11 Å². The lowest BCUT2D eigenvalue weighted by Crippen LogP contribution is -2.32. The molecule has 2 aromatic carbocycles. The molecule has 4 rings (SSSR count). The second-order valence-corrected chi connectivity index (χ2v) is 7.94. The Balaban J connectivity index is 1.61. The molecule has 0 fully saturated rings. The molecule has 0 unspecified atom stereocenters. The fourth-order valence-electron chi connectivity index (χ4n) is 3.05. The molecule has 0 aliphatic carbocycles. The third-order valence-electron chi connectivity index (χ3n) is 4.74. The number of benzene rings is 2. The van der Waals surface area contributed by atoms with Gasteiger partial charge in [-0.2, -0.15) is 0 Å². The van der Waals surface area contributed by atoms with Crippen LogP contribution in [0.3, 0.4) is 0 Å². The molecule has 0 amide bonds. The summed E-state index contributed by atoms with van der Waals surface area (Å²) in [6, 6.07) is 17.0. The second-order valence-electron chi connectivity index (χ2n) is 7.51. The predicted molar refractivity (Wildman–Crippen MR) is 113 cm³/mol. The Labute approximate surface area is 173 Å². The molecule has 0 bridgehead atoms. The van der Waals surface area contributed by atoms with E-state index >= 15 is 0 Å². The van der Waals surface area contributed by atoms with Gasteiger partial charge in [0.25, 0.3) is 0 Å². The van der Waals surface area contributed by atoms with Gasteiger partial charge in [0.05, 0.1) is 18.0 Å². The minimum absolute atomic E-state index is 0.200. The van der Waals surface area contributed by atoms with Gasteiger partial charge in [0.15, 0.2) is 5.76 Å². The summed E-state index contributed by atoms with van der Waals surface area (Å²) in [7, 11) is 1.37. The number of hydrogen-bond acceptors (Lipinski definition) is 5. The predicted octanol–water partition coefficient (Wildman–Crippen LogP) is 5.88. The number of furan rings is 1. The summed E-state index contributed by atoms with van der Waals surface area (Å²) < 4.78 is 16.6. The molecule has 4 aromatic rings. The van der Waals surface area contributed by atoms with Gasteiger partial charge >= 0.3 is 5.97 Å². The Morgan fingerprint density at radius 1 is 1.07 bits per heavy atom. The van der Waals surface area contributed by atoms with E-state index < -0.39 is 5.41 Å². The zero-order valence-corrected chi connectivity index (χ0v) is 17.1. The quantitative estimate of drug-likeness (QED) is 0.385. The van der Waals surface area contributed by atoms with Crippen LogP contribution in [-0.4, -0.2) is 24.7 Å². The first-order chi connectivity index (χ1) is 13.9. The van der Waals surface area contributed by atoms with E-state index in [2.05, 4.69) is 4.98 Å². The number of carbonyl (C=O) groups excluding carboxylic acids is 1. The van der Waals surface area contributed by atoms with E-state index in [1.54, 1.807) is 13.8 Å². The lowest BCUT2D eigenvalue weighted by atomic mass is 9.95. The minimum Gasteiger partial charge on any atom is -0.492 e. The summed E-state index contributed by atoms with van der Waals surface area (Å²) in [5.74, 6) is 0.962. The van der Waals surface area contributed by atoms with Gasteiger partial charge in [-0.3, -0.25) is 4.79 Å². The highest BCUT2D eigenvalue weighted by atomic mass is 35.5. The summed E-state index contributed by atoms with van der Waals surface area (Å²) >= 11 is 6.08. The highest BCUT2D eigenvalue weighted by Crippen LogP contribution is 2.31. The van der Waals surface area contributed by atoms with E-state index in [0.29, 0.717) is 22.1 Å². The number of pyridine rings is 1. The maximum Gasteiger partial charge on any atom is 0.314 e. The van der Waals surface area contributed by atoms with Crippen LogP contribution < -0.4 is 4.74 Å². The summed E-state index contributed by atoms with van der Waals surface area (Å²) in [5, 5.41) is 2.59. The van der Waals surface area contributed by atoms with Crippen molar-refractivity contribution in [2.75, 3.05) is 13.7 Å². The number of halogens is 1. The Bertz CT molecular complexity index is 1210. The average molecular weight is 410 g/mol. The lowest BCUT2D eigenvalue weighted by molar-refractivity contribution is -0.152. The molecule has 0 aliphatic heterocycles. The van der Waals surface area contributed by atoms with Crippen LogP contribution >= 0.6 is 11.6 Å². The number of esters is 1. The molecular weight excluding hydrogens is 390 g/mol. The van der Waals surface area contributed by atoms with Gasteiger partial charge in [0, 0.05) is 21.9 Å². The number of hydrogen-bond donors (Lipinski definition) is 0. The highest BCUT2D eigenvalue weighted by molar-refractivity contribution is 6.31. The monoisotopic (exact) mass is 409 g/mol. The van der Waals surface area contributed by atoms with Crippen molar-refractivity contribution in [3.8, 4) is 17.2 Å². The summed E-state index contributed by atoms with van der Waals surface area (Å²) in [6.07, 6.45) is 0. The van der Waals surface area contributed by atoms with E-state index in [9.17, 15) is 4.79 Å². The van der Waals surface area contributed by atoms with E-state index in [1.807, 2.05) is 54.6 Å². The zero-order valence-electron chi connectivity index (χ0n) is 16.4. The Morgan fingerprint density at radius 3 is 2.62 bits per heavy atom. The molecular formula is C23H20ClNO4. The van der Waals surface area contributed by atoms with Crippen molar-refractivity contribution >= 4 is 39.4 Å². The van der Waals surface area contributed by atoms with Gasteiger partial charge in [0.2, 0.25) is 0 Å². The average Bonchev–Trinajstić information content (AvgIpc) is 3.14. The first-order valence-corrected chi connectivity index (χ1v) is 9.55. The van der Waals surface area contributed by atoms with Gasteiger partial charge in [-0.05, 0) is 50.2 Å². The van der Waals surface area contributed by atoms with Crippen molar-refractivity contribution in [1.82, 2.24) is 4.98 Å². The first kappa shape index (κ1) is 19.3. The first-order valence-electron chi connectivity index (χ1n) is 9.17. The summed E-state index contributed by atoms with van der Waals surface area (Å²) in [6.45, 7) is 3.76. The van der Waals surface area contributed by atoms with Crippen molar-refractivity contribution in [3.05, 3.63) is 59.6 Å². The lowest BCUT2D eigenvalue weighted by Gasteiger charge is -2.21. The SMILES string of the molecule is COC(=O)C(C)(C)COc1ccc2cc(-c3ccc4ccc(Cl)cc4n3)oc2c1. The van der Waals surface area contributed by atoms with Crippen LogP contribution in [0.2, 0.25) is 5.02 Å². The fraction of sp³-hybridized carbons (Fsp3) is 0.217. The molecule has 2 heterocycles. The second kappa shape index (κ2) is 7.41. The molecule has 0 atom stereocenters. The van der Waals surface area contributed by atoms with Gasteiger partial charge in [-0.15, -0.1) is 0 Å². The summed E-state index contributed by atoms with van der Waals surface area (Å²) in [4.78, 5) is 16.5. The molecule has 0 saturated heterocycles. The van der Waals surface area contributed by atoms with Crippen LogP contribution in [0, 0.1) is 5.41 Å². The third kappa shape index (κ3) is 3.91. The van der Waals surface area contributed by atoms with E-state index in [-0.39, 0.29) is 12.6 Å². The number of rotatable bonds is 5. The standard InChI is InChI=1S/C23H20ClNO4/c1-23(2,22(26)27-3)13-28-17-8-5-15-10-21(29-20(15)12-17)18-9-6-14-4-7-16(24)11-19(14)25-18/h4-12H,13H2,1-3H3. The number of aromatic nitrogens is 1. The van der Waals surface area contributed by atoms with Crippen LogP contribution in [0.25, 0.3) is 33.3 Å². The number of methoxy groups -OCH3 is 1. The smallest absolute Gasteiger partial charge is 0.314 e. The molecule has 0 radical (unpaired) electrons. The van der Waals surface area contributed by atoms with Crippen molar-refractivity contribution in [2.45, 2.75) is 13.8 Å². The van der Waals surface area contributed by atoms with Crippen LogP contribution in [0.4, 0.5) is 0 Å². The molecule has 6 heteroatoms. The Kier molecular flexibility index (Phi) is 4.92. The van der Waals surface area contributed by atoms with Gasteiger partial charge < -0.3 is 13.9 Å². The molecule has 29 heavy (non-hydrogen) atoms. The molecule has 0 spiro atoms. The van der Waals surface area contributed by atoms with Crippen LogP contribution in [0.1, 0.15) is 13.8 Å². The Hall–Kier alpha value is -3.05. The minimum atomic E-state index is -0.742. The molecule has 0 saturated carbocycles. The van der Waals surface area contributed by atoms with Gasteiger partial charge in [-0.25, -0.2) is 4.98 Å². The van der Waals surface area contributed by atoms with Crippen molar-refractivity contribution in [1.29, 1.82) is 0 Å². The van der Waals surface area contributed by atoms with Crippen molar-refractivity contribution in [2.24, 2.45) is 5.41 Å². The Morgan fingerprint density at radius 2 is 1.83 bits per heavy atom. The fourth-order valence-corrected chi connectivity index (χ4v) is 3.22. The molecule has 5 nitrogen and oxygen atoms in total. The number of fused-ring (bicyclic) bond motifs is 2. The molecule has 0 N–H and O–H groups in total. The topological polar surface area (TPSA) is 61.6 Å². The van der Waals surface area contributed by atoms with Crippen molar-refractivity contribution in [3.63, 3.8) is 0 Å². The third-order valence-corrected chi connectivity index (χ3v) is 4.97. The van der Waals surface area contributed by atoms with Crippen LogP contribution in [-0.2, 0) is 9.53 Å². The highest BCUT2D eigenvalue weighted by Gasteiger charge is 2.29. The van der Waals surface area contributed by atoms with Crippen molar-refractivity contribution < 1.29 is 18.7 Å². The van der Waals surface area contributed by atoms with E-state index in [4.69, 9.17) is 25.5 Å². The number of ether oxygens (including phenoxy) is 2. The zero-order chi connectivity index (χ0) is 20.6. The molecule has 148 valence electrons. The molecule has 0 aliphatic rings. The number of carbonyl (C=O) groups is 1. The van der Waals surface area contributed by atoms with Gasteiger partial charge in [0.1, 0.15) is 23.6 Å². The van der Waals surface area contributed by atoms with E-state index in [0.717, 1.165) is 22.0 Å². The van der Waals surface area contributed by atoms with Crippen LogP contribution in [0.15, 0.2) is 59.0 Å². The number of nitrogens with zero attached hydrogens (tertiary/aromatic N) is 1. The maximum atomic E-state index is 11.8. The van der Waals surface area contributed by atoms with Crippen LogP contribution in [0.5, 0.6) is 5.75 Å². The maximum absolute atomic E-state index is 11.8. The largest absolute Gasteiger partial charge is 0.492 e. The van der Waals surface area contributed by atoms with Gasteiger partial charge in [-0.1, -0.05) is 23.7 Å². The summed E-state index contributed by atoms with van der Waals surface area (Å²) in [5.41, 5.74) is 1.48. The molecule has 2 aromatic heterocycles.